The first-order valence-electron chi connectivity index (χ1n) is 10.9. The standard InChI is InChI=1S/C26H31FN2/c1-21-12-14-22(15-13-21)18-28-16-6-11-26(28)20-29(25-9-3-2-4-10-25)19-23-7-5-8-24(27)17-23/h5-8,11-17,25H,2-4,9-10,18-20H2,1H3. The maximum atomic E-state index is 13.7. The van der Waals surface area contributed by atoms with Gasteiger partial charge in [-0.2, -0.15) is 0 Å². The third-order valence-corrected chi connectivity index (χ3v) is 6.13. The molecule has 1 aromatic heterocycles. The maximum Gasteiger partial charge on any atom is 0.123 e. The Morgan fingerprint density at radius 1 is 0.897 bits per heavy atom. The average molecular weight is 391 g/mol. The van der Waals surface area contributed by atoms with Crippen LogP contribution in [0.4, 0.5) is 4.39 Å². The fourth-order valence-electron chi connectivity index (χ4n) is 4.48. The van der Waals surface area contributed by atoms with Crippen molar-refractivity contribution in [3.63, 3.8) is 0 Å². The lowest BCUT2D eigenvalue weighted by Crippen LogP contribution is -2.36. The van der Waals surface area contributed by atoms with Crippen LogP contribution in [-0.2, 0) is 19.6 Å². The zero-order chi connectivity index (χ0) is 20.1. The van der Waals surface area contributed by atoms with Crippen molar-refractivity contribution in [2.45, 2.75) is 64.7 Å². The van der Waals surface area contributed by atoms with Gasteiger partial charge in [0.15, 0.2) is 0 Å². The van der Waals surface area contributed by atoms with Gasteiger partial charge in [-0.05, 0) is 55.2 Å². The molecule has 152 valence electrons. The van der Waals surface area contributed by atoms with Crippen molar-refractivity contribution in [2.24, 2.45) is 0 Å². The van der Waals surface area contributed by atoms with Crippen LogP contribution in [0.25, 0.3) is 0 Å². The molecule has 0 atom stereocenters. The summed E-state index contributed by atoms with van der Waals surface area (Å²) in [6, 6.07) is 20.8. The summed E-state index contributed by atoms with van der Waals surface area (Å²) in [4.78, 5) is 2.56. The third kappa shape index (κ3) is 5.36. The van der Waals surface area contributed by atoms with E-state index in [0.717, 1.165) is 25.2 Å². The summed E-state index contributed by atoms with van der Waals surface area (Å²) < 4.78 is 16.1. The quantitative estimate of drug-likeness (QED) is 0.458. The Hall–Kier alpha value is -2.39. The minimum Gasteiger partial charge on any atom is -0.346 e. The number of rotatable bonds is 7. The van der Waals surface area contributed by atoms with Gasteiger partial charge in [-0.25, -0.2) is 4.39 Å². The highest BCUT2D eigenvalue weighted by atomic mass is 19.1. The van der Waals surface area contributed by atoms with Crippen molar-refractivity contribution in [1.29, 1.82) is 0 Å². The summed E-state index contributed by atoms with van der Waals surface area (Å²) in [6.07, 6.45) is 8.61. The predicted octanol–water partition coefficient (Wildman–Crippen LogP) is 6.32. The van der Waals surface area contributed by atoms with E-state index in [-0.39, 0.29) is 5.82 Å². The molecular weight excluding hydrogens is 359 g/mol. The van der Waals surface area contributed by atoms with Gasteiger partial charge in [0.1, 0.15) is 5.82 Å². The molecule has 1 aliphatic carbocycles. The number of aryl methyl sites for hydroxylation is 1. The summed E-state index contributed by atoms with van der Waals surface area (Å²) in [6.45, 7) is 4.72. The minimum absolute atomic E-state index is 0.145. The van der Waals surface area contributed by atoms with Crippen molar-refractivity contribution in [2.75, 3.05) is 0 Å². The molecule has 0 saturated heterocycles. The van der Waals surface area contributed by atoms with Gasteiger partial charge in [0, 0.05) is 37.6 Å². The van der Waals surface area contributed by atoms with Crippen molar-refractivity contribution in [1.82, 2.24) is 9.47 Å². The van der Waals surface area contributed by atoms with Gasteiger partial charge in [0.2, 0.25) is 0 Å². The number of hydrogen-bond donors (Lipinski definition) is 0. The zero-order valence-corrected chi connectivity index (χ0v) is 17.4. The van der Waals surface area contributed by atoms with Gasteiger partial charge >= 0.3 is 0 Å². The van der Waals surface area contributed by atoms with E-state index in [0.29, 0.717) is 6.04 Å². The topological polar surface area (TPSA) is 8.17 Å². The lowest BCUT2D eigenvalue weighted by molar-refractivity contribution is 0.136. The number of halogens is 1. The van der Waals surface area contributed by atoms with E-state index < -0.39 is 0 Å². The number of aromatic nitrogens is 1. The van der Waals surface area contributed by atoms with Crippen LogP contribution in [0, 0.1) is 12.7 Å². The van der Waals surface area contributed by atoms with E-state index >= 15 is 0 Å². The minimum atomic E-state index is -0.145. The molecule has 0 aliphatic heterocycles. The van der Waals surface area contributed by atoms with E-state index in [1.54, 1.807) is 6.07 Å². The van der Waals surface area contributed by atoms with Gasteiger partial charge in [0.25, 0.3) is 0 Å². The third-order valence-electron chi connectivity index (χ3n) is 6.13. The molecule has 0 spiro atoms. The number of benzene rings is 2. The second-order valence-electron chi connectivity index (χ2n) is 8.44. The highest BCUT2D eigenvalue weighted by Crippen LogP contribution is 2.26. The summed E-state index contributed by atoms with van der Waals surface area (Å²) in [5, 5.41) is 0. The molecule has 0 unspecified atom stereocenters. The molecule has 2 aromatic carbocycles. The first-order valence-corrected chi connectivity index (χ1v) is 10.9. The summed E-state index contributed by atoms with van der Waals surface area (Å²) in [5.74, 6) is -0.145. The van der Waals surface area contributed by atoms with Crippen molar-refractivity contribution in [3.05, 3.63) is 95.1 Å². The molecular formula is C26H31FN2. The number of hydrogen-bond acceptors (Lipinski definition) is 1. The highest BCUT2D eigenvalue weighted by Gasteiger charge is 2.22. The van der Waals surface area contributed by atoms with Crippen LogP contribution in [0.15, 0.2) is 66.9 Å². The molecule has 0 N–H and O–H groups in total. The molecule has 1 heterocycles. The SMILES string of the molecule is Cc1ccc(Cn2cccc2CN(Cc2cccc(F)c2)C2CCCCC2)cc1. The highest BCUT2D eigenvalue weighted by molar-refractivity contribution is 5.23. The van der Waals surface area contributed by atoms with Crippen molar-refractivity contribution < 1.29 is 4.39 Å². The molecule has 29 heavy (non-hydrogen) atoms. The second-order valence-corrected chi connectivity index (χ2v) is 8.44. The van der Waals surface area contributed by atoms with Gasteiger partial charge in [-0.1, -0.05) is 61.2 Å². The molecule has 2 nitrogen and oxygen atoms in total. The van der Waals surface area contributed by atoms with Crippen molar-refractivity contribution >= 4 is 0 Å². The smallest absolute Gasteiger partial charge is 0.123 e. The molecule has 3 aromatic rings. The maximum absolute atomic E-state index is 13.7. The van der Waals surface area contributed by atoms with Gasteiger partial charge in [-0.3, -0.25) is 4.90 Å². The largest absolute Gasteiger partial charge is 0.346 e. The monoisotopic (exact) mass is 390 g/mol. The first kappa shape index (κ1) is 19.9. The summed E-state index contributed by atoms with van der Waals surface area (Å²) in [5.41, 5.74) is 5.00. The van der Waals surface area contributed by atoms with Crippen molar-refractivity contribution in [3.8, 4) is 0 Å². The van der Waals surface area contributed by atoms with Gasteiger partial charge in [-0.15, -0.1) is 0 Å². The average Bonchev–Trinajstić information content (AvgIpc) is 3.16. The van der Waals surface area contributed by atoms with Crippen LogP contribution in [0.2, 0.25) is 0 Å². The Bertz CT molecular complexity index is 906. The normalized spacial score (nSPS) is 15.1. The molecule has 1 aliphatic rings. The van der Waals surface area contributed by atoms with Crippen LogP contribution in [-0.4, -0.2) is 15.5 Å². The fourth-order valence-corrected chi connectivity index (χ4v) is 4.48. The molecule has 1 saturated carbocycles. The Morgan fingerprint density at radius 3 is 2.45 bits per heavy atom. The Morgan fingerprint density at radius 2 is 1.69 bits per heavy atom. The molecule has 0 amide bonds. The van der Waals surface area contributed by atoms with Crippen LogP contribution in [0.3, 0.4) is 0 Å². The van der Waals surface area contributed by atoms with Crippen LogP contribution < -0.4 is 0 Å². The van der Waals surface area contributed by atoms with E-state index in [4.69, 9.17) is 0 Å². The zero-order valence-electron chi connectivity index (χ0n) is 17.4. The van der Waals surface area contributed by atoms with Crippen LogP contribution >= 0.6 is 0 Å². The molecule has 3 heteroatoms. The van der Waals surface area contributed by atoms with E-state index in [1.807, 2.05) is 12.1 Å². The predicted molar refractivity (Wildman–Crippen MR) is 117 cm³/mol. The van der Waals surface area contributed by atoms with Gasteiger partial charge in [0.05, 0.1) is 0 Å². The number of nitrogens with zero attached hydrogens (tertiary/aromatic N) is 2. The van der Waals surface area contributed by atoms with E-state index in [2.05, 4.69) is 59.0 Å². The Labute approximate surface area is 174 Å². The molecule has 4 rings (SSSR count). The Kier molecular flexibility index (Phi) is 6.46. The first-order chi connectivity index (χ1) is 14.2. The lowest BCUT2D eigenvalue weighted by atomic mass is 9.93. The summed E-state index contributed by atoms with van der Waals surface area (Å²) in [7, 11) is 0. The van der Waals surface area contributed by atoms with E-state index in [1.165, 1.54) is 55.0 Å². The van der Waals surface area contributed by atoms with E-state index in [9.17, 15) is 4.39 Å². The molecule has 1 fully saturated rings. The lowest BCUT2D eigenvalue weighted by Gasteiger charge is -2.34. The van der Waals surface area contributed by atoms with Gasteiger partial charge < -0.3 is 4.57 Å². The second kappa shape index (κ2) is 9.41. The Balaban J connectivity index is 1.52. The molecule has 0 bridgehead atoms. The fraction of sp³-hybridized carbons (Fsp3) is 0.385. The molecule has 0 radical (unpaired) electrons. The van der Waals surface area contributed by atoms with Crippen LogP contribution in [0.5, 0.6) is 0 Å². The van der Waals surface area contributed by atoms with Crippen LogP contribution in [0.1, 0.15) is 54.5 Å². The summed E-state index contributed by atoms with van der Waals surface area (Å²) >= 11 is 0.